The summed E-state index contributed by atoms with van der Waals surface area (Å²) in [6, 6.07) is 0. The highest BCUT2D eigenvalue weighted by atomic mass is 35.9. The molecule has 0 aromatic rings. The van der Waals surface area contributed by atoms with Crippen LogP contribution in [-0.4, -0.2) is 10.4 Å². The van der Waals surface area contributed by atoms with E-state index in [-0.39, 0.29) is 6.61 Å². The van der Waals surface area contributed by atoms with Gasteiger partial charge in [0.25, 0.3) is 0 Å². The van der Waals surface area contributed by atoms with E-state index >= 15 is 0 Å². The Bertz CT molecular complexity index is 131. The monoisotopic (exact) mass is 274 g/mol. The fourth-order valence-electron chi connectivity index (χ4n) is 0.281. The molecule has 66 valence electrons. The van der Waals surface area contributed by atoms with Gasteiger partial charge in [-0.1, -0.05) is 40.9 Å². The summed E-state index contributed by atoms with van der Waals surface area (Å²) in [4.78, 5) is 0. The van der Waals surface area contributed by atoms with Crippen molar-refractivity contribution in [3.05, 3.63) is 12.2 Å². The molecule has 0 rings (SSSR count). The quantitative estimate of drug-likeness (QED) is 0.415. The second-order valence-electron chi connectivity index (χ2n) is 1.44. The van der Waals surface area contributed by atoms with E-state index in [0.717, 1.165) is 0 Å². The van der Waals surface area contributed by atoms with Crippen LogP contribution in [0, 0.1) is 0 Å². The summed E-state index contributed by atoms with van der Waals surface area (Å²) in [7, 11) is 0. The number of allylic oxidation sites excluding steroid dienone is 1. The van der Waals surface area contributed by atoms with Gasteiger partial charge in [-0.3, -0.25) is 0 Å². The normalized spacial score (nSPS) is 13.3. The Kier molecular flexibility index (Phi) is 6.97. The van der Waals surface area contributed by atoms with Crippen molar-refractivity contribution in [3.63, 3.8) is 0 Å². The lowest BCUT2D eigenvalue weighted by Crippen LogP contribution is -1.95. The Morgan fingerprint density at radius 2 is 1.82 bits per heavy atom. The largest absolute Gasteiger partial charge is 0.327 e. The summed E-state index contributed by atoms with van der Waals surface area (Å²) in [6.45, 7) is -1.14. The molecule has 7 heteroatoms. The fourth-order valence-corrected chi connectivity index (χ4v) is 1.09. The van der Waals surface area contributed by atoms with Crippen molar-refractivity contribution in [1.29, 1.82) is 0 Å². The SMILES string of the molecule is ClP(Cl)OC/C=C/C(Cl)(Cl)Cl. The molecule has 0 aromatic carbocycles. The molecule has 1 nitrogen and oxygen atoms in total. The topological polar surface area (TPSA) is 9.23 Å². The molecule has 0 bridgehead atoms. The highest BCUT2D eigenvalue weighted by Gasteiger charge is 2.13. The molecule has 11 heavy (non-hydrogen) atoms. The lowest BCUT2D eigenvalue weighted by Gasteiger charge is -2.02. The van der Waals surface area contributed by atoms with Crippen molar-refractivity contribution in [1.82, 2.24) is 0 Å². The maximum atomic E-state index is 5.38. The molecule has 0 fully saturated rings. The first-order chi connectivity index (χ1) is 4.92. The van der Waals surface area contributed by atoms with Crippen LogP contribution < -0.4 is 0 Å². The van der Waals surface area contributed by atoms with E-state index in [9.17, 15) is 0 Å². The molecule has 0 radical (unpaired) electrons. The number of halogens is 5. The first-order valence-electron chi connectivity index (χ1n) is 2.41. The Morgan fingerprint density at radius 1 is 1.27 bits per heavy atom. The average Bonchev–Trinajstić information content (AvgIpc) is 1.78. The maximum absolute atomic E-state index is 5.38. The summed E-state index contributed by atoms with van der Waals surface area (Å²) < 4.78 is 3.39. The Morgan fingerprint density at radius 3 is 2.18 bits per heavy atom. The molecule has 0 atom stereocenters. The molecule has 0 aromatic heterocycles. The van der Waals surface area contributed by atoms with E-state index < -0.39 is 10.6 Å². The van der Waals surface area contributed by atoms with Crippen LogP contribution in [0.2, 0.25) is 0 Å². The predicted octanol–water partition coefficient (Wildman–Crippen LogP) is 4.63. The molecule has 0 heterocycles. The number of alkyl halides is 3. The van der Waals surface area contributed by atoms with Crippen LogP contribution in [0.3, 0.4) is 0 Å². The van der Waals surface area contributed by atoms with Crippen molar-refractivity contribution in [2.24, 2.45) is 0 Å². The van der Waals surface area contributed by atoms with Gasteiger partial charge < -0.3 is 4.52 Å². The van der Waals surface area contributed by atoms with Crippen LogP contribution in [-0.2, 0) is 4.52 Å². The minimum Gasteiger partial charge on any atom is -0.327 e. The van der Waals surface area contributed by atoms with Crippen molar-refractivity contribution in [2.45, 2.75) is 3.79 Å². The Labute approximate surface area is 90.9 Å². The second kappa shape index (κ2) is 6.10. The molecule has 0 unspecified atom stereocenters. The van der Waals surface area contributed by atoms with Crippen molar-refractivity contribution >= 4 is 64.1 Å². The second-order valence-corrected chi connectivity index (χ2v) is 6.83. The number of hydrogen-bond acceptors (Lipinski definition) is 1. The molecule has 0 aliphatic rings. The zero-order valence-electron chi connectivity index (χ0n) is 5.11. The van der Waals surface area contributed by atoms with Crippen molar-refractivity contribution < 1.29 is 4.52 Å². The van der Waals surface area contributed by atoms with Gasteiger partial charge in [-0.15, -0.1) is 0 Å². The summed E-state index contributed by atoms with van der Waals surface area (Å²) in [5.41, 5.74) is 0. The van der Waals surface area contributed by atoms with Crippen molar-refractivity contribution in [2.75, 3.05) is 6.61 Å². The van der Waals surface area contributed by atoms with Crippen LogP contribution in [0.5, 0.6) is 0 Å². The van der Waals surface area contributed by atoms with Crippen LogP contribution in [0.4, 0.5) is 0 Å². The minimum atomic E-state index is -1.38. The maximum Gasteiger partial charge on any atom is 0.225 e. The summed E-state index contributed by atoms with van der Waals surface area (Å²) >= 11 is 26.7. The zero-order chi connectivity index (χ0) is 8.91. The first-order valence-corrected chi connectivity index (χ1v) is 6.61. The van der Waals surface area contributed by atoms with Crippen LogP contribution in [0.15, 0.2) is 12.2 Å². The summed E-state index contributed by atoms with van der Waals surface area (Å²) in [5, 5.41) is 0. The van der Waals surface area contributed by atoms with Gasteiger partial charge in [0.15, 0.2) is 0 Å². The molecule has 0 N–H and O–H groups in total. The van der Waals surface area contributed by atoms with Gasteiger partial charge in [0, 0.05) is 0 Å². The van der Waals surface area contributed by atoms with Crippen molar-refractivity contribution in [3.8, 4) is 0 Å². The molecule has 0 aliphatic carbocycles. The minimum absolute atomic E-state index is 0.243. The third kappa shape index (κ3) is 11.6. The average molecular weight is 276 g/mol. The van der Waals surface area contributed by atoms with Gasteiger partial charge in [0.05, 0.1) is 6.61 Å². The standard InChI is InChI=1S/C4H4Cl5OP/c5-4(6,7)2-1-3-10-11(8)9/h1-2H,3H2/b2-1+. The summed E-state index contributed by atoms with van der Waals surface area (Å²) in [5.74, 6) is 0. The lowest BCUT2D eigenvalue weighted by molar-refractivity contribution is 0.419. The molecular weight excluding hydrogens is 272 g/mol. The molecule has 0 saturated heterocycles. The van der Waals surface area contributed by atoms with Gasteiger partial charge in [-0.25, -0.2) is 0 Å². The summed E-state index contributed by atoms with van der Waals surface area (Å²) in [6.07, 6.45) is 2.90. The van der Waals surface area contributed by atoms with E-state index in [1.807, 2.05) is 0 Å². The Balaban J connectivity index is 3.46. The van der Waals surface area contributed by atoms with E-state index in [4.69, 9.17) is 61.8 Å². The third-order valence-electron chi connectivity index (χ3n) is 0.575. The van der Waals surface area contributed by atoms with Gasteiger partial charge >= 0.3 is 0 Å². The smallest absolute Gasteiger partial charge is 0.225 e. The zero-order valence-corrected chi connectivity index (χ0v) is 9.78. The number of rotatable bonds is 3. The van der Waals surface area contributed by atoms with E-state index in [0.29, 0.717) is 0 Å². The van der Waals surface area contributed by atoms with Gasteiger partial charge in [-0.2, -0.15) is 0 Å². The highest BCUT2D eigenvalue weighted by molar-refractivity contribution is 8.00. The van der Waals surface area contributed by atoms with Crippen LogP contribution >= 0.6 is 64.1 Å². The lowest BCUT2D eigenvalue weighted by atomic mass is 10.5. The first kappa shape index (κ1) is 12.6. The number of hydrogen-bond donors (Lipinski definition) is 0. The van der Waals surface area contributed by atoms with Gasteiger partial charge in [-0.05, 0) is 28.6 Å². The Hall–Kier alpha value is 1.58. The molecule has 0 spiro atoms. The molecule has 0 aliphatic heterocycles. The van der Waals surface area contributed by atoms with Crippen LogP contribution in [0.1, 0.15) is 0 Å². The highest BCUT2D eigenvalue weighted by Crippen LogP contribution is 2.47. The molecule has 0 amide bonds. The van der Waals surface area contributed by atoms with E-state index in [2.05, 4.69) is 0 Å². The molecular formula is C4H4Cl5OP. The van der Waals surface area contributed by atoms with Gasteiger partial charge in [0.1, 0.15) is 0 Å². The fraction of sp³-hybridized carbons (Fsp3) is 0.500. The van der Waals surface area contributed by atoms with E-state index in [1.165, 1.54) is 12.2 Å². The molecule has 0 saturated carbocycles. The van der Waals surface area contributed by atoms with Gasteiger partial charge in [0.2, 0.25) is 10.6 Å². The predicted molar refractivity (Wildman–Crippen MR) is 54.0 cm³/mol. The third-order valence-corrected chi connectivity index (χ3v) is 1.88. The van der Waals surface area contributed by atoms with Crippen LogP contribution in [0.25, 0.3) is 0 Å². The van der Waals surface area contributed by atoms with E-state index in [1.54, 1.807) is 0 Å².